The largest absolute Gasteiger partial charge is 0.497 e. The zero-order chi connectivity index (χ0) is 14.4. The minimum atomic E-state index is 0.590. The zero-order valence-electron chi connectivity index (χ0n) is 12.0. The van der Waals surface area contributed by atoms with Gasteiger partial charge in [0.15, 0.2) is 0 Å². The van der Waals surface area contributed by atoms with Gasteiger partial charge in [0.1, 0.15) is 17.9 Å². The van der Waals surface area contributed by atoms with E-state index in [1.165, 1.54) is 6.33 Å². The van der Waals surface area contributed by atoms with E-state index in [1.54, 1.807) is 7.11 Å². The second-order valence-corrected chi connectivity index (χ2v) is 4.29. The van der Waals surface area contributed by atoms with Gasteiger partial charge in [0.2, 0.25) is 5.88 Å². The molecule has 2 rings (SSSR count). The van der Waals surface area contributed by atoms with Crippen LogP contribution in [0.25, 0.3) is 0 Å². The van der Waals surface area contributed by atoms with Crippen LogP contribution in [0.2, 0.25) is 0 Å². The lowest BCUT2D eigenvalue weighted by Gasteiger charge is -2.11. The van der Waals surface area contributed by atoms with Crippen LogP contribution in [-0.2, 0) is 6.54 Å². The molecular weight excluding hydrogens is 254 g/mol. The Bertz CT molecular complexity index is 573. The number of anilines is 1. The Balaban J connectivity index is 2.08. The summed E-state index contributed by atoms with van der Waals surface area (Å²) in [6.45, 7) is 5.14. The van der Waals surface area contributed by atoms with Crippen LogP contribution >= 0.6 is 0 Å². The van der Waals surface area contributed by atoms with Crippen molar-refractivity contribution < 1.29 is 9.47 Å². The van der Waals surface area contributed by atoms with Crippen LogP contribution in [0.5, 0.6) is 11.6 Å². The van der Waals surface area contributed by atoms with Crippen molar-refractivity contribution in [1.29, 1.82) is 0 Å². The predicted octanol–water partition coefficient (Wildman–Crippen LogP) is 2.80. The lowest BCUT2D eigenvalue weighted by atomic mass is 10.2. The summed E-state index contributed by atoms with van der Waals surface area (Å²) in [5.74, 6) is 2.25. The lowest BCUT2D eigenvalue weighted by Crippen LogP contribution is -2.06. The highest BCUT2D eigenvalue weighted by molar-refractivity contribution is 5.48. The highest BCUT2D eigenvalue weighted by atomic mass is 16.5. The van der Waals surface area contributed by atoms with Crippen molar-refractivity contribution >= 4 is 5.82 Å². The molecule has 106 valence electrons. The first-order valence-corrected chi connectivity index (χ1v) is 6.55. The molecule has 1 heterocycles. The molecule has 1 aromatic carbocycles. The molecule has 1 N–H and O–H groups in total. The molecule has 0 fully saturated rings. The zero-order valence-corrected chi connectivity index (χ0v) is 12.0. The Morgan fingerprint density at radius 3 is 2.85 bits per heavy atom. The lowest BCUT2D eigenvalue weighted by molar-refractivity contribution is 0.324. The molecule has 0 unspecified atom stereocenters. The standard InChI is InChI=1S/C15H19N3O2/c1-4-20-15-11(2)14(17-10-18-15)16-9-12-6-5-7-13(8-12)19-3/h5-8,10H,4,9H2,1-3H3,(H,16,17,18). The number of nitrogens with zero attached hydrogens (tertiary/aromatic N) is 2. The van der Waals surface area contributed by atoms with E-state index in [0.717, 1.165) is 22.7 Å². The van der Waals surface area contributed by atoms with E-state index in [4.69, 9.17) is 9.47 Å². The third-order valence-electron chi connectivity index (χ3n) is 2.91. The van der Waals surface area contributed by atoms with Crippen molar-refractivity contribution in [3.63, 3.8) is 0 Å². The Morgan fingerprint density at radius 2 is 2.10 bits per heavy atom. The molecule has 0 aliphatic rings. The van der Waals surface area contributed by atoms with Crippen LogP contribution in [0.15, 0.2) is 30.6 Å². The normalized spacial score (nSPS) is 10.2. The second-order valence-electron chi connectivity index (χ2n) is 4.29. The van der Waals surface area contributed by atoms with Gasteiger partial charge in [0.05, 0.1) is 19.3 Å². The molecule has 0 saturated heterocycles. The molecule has 20 heavy (non-hydrogen) atoms. The molecule has 1 aromatic heterocycles. The summed E-state index contributed by atoms with van der Waals surface area (Å²) in [4.78, 5) is 8.36. The van der Waals surface area contributed by atoms with Gasteiger partial charge in [-0.2, -0.15) is 0 Å². The van der Waals surface area contributed by atoms with Gasteiger partial charge >= 0.3 is 0 Å². The number of ether oxygens (including phenoxy) is 2. The average molecular weight is 273 g/mol. The van der Waals surface area contributed by atoms with Crippen molar-refractivity contribution in [2.24, 2.45) is 0 Å². The molecule has 0 spiro atoms. The first kappa shape index (κ1) is 14.1. The van der Waals surface area contributed by atoms with Crippen molar-refractivity contribution in [2.45, 2.75) is 20.4 Å². The summed E-state index contributed by atoms with van der Waals surface area (Å²) in [5.41, 5.74) is 2.04. The summed E-state index contributed by atoms with van der Waals surface area (Å²) >= 11 is 0. The summed E-state index contributed by atoms with van der Waals surface area (Å²) in [6, 6.07) is 7.92. The number of methoxy groups -OCH3 is 1. The Labute approximate surface area is 119 Å². The van der Waals surface area contributed by atoms with Crippen LogP contribution in [0.1, 0.15) is 18.1 Å². The van der Waals surface area contributed by atoms with E-state index in [-0.39, 0.29) is 0 Å². The smallest absolute Gasteiger partial charge is 0.221 e. The maximum atomic E-state index is 5.45. The highest BCUT2D eigenvalue weighted by Crippen LogP contribution is 2.21. The van der Waals surface area contributed by atoms with Crippen molar-refractivity contribution in [3.8, 4) is 11.6 Å². The van der Waals surface area contributed by atoms with Gasteiger partial charge in [-0.3, -0.25) is 0 Å². The molecule has 0 aliphatic carbocycles. The maximum Gasteiger partial charge on any atom is 0.221 e. The Hall–Kier alpha value is -2.30. The summed E-state index contributed by atoms with van der Waals surface area (Å²) in [6.07, 6.45) is 1.51. The molecule has 2 aromatic rings. The van der Waals surface area contributed by atoms with E-state index < -0.39 is 0 Å². The van der Waals surface area contributed by atoms with Gasteiger partial charge in [0, 0.05) is 6.54 Å². The molecule has 5 nitrogen and oxygen atoms in total. The molecule has 0 aliphatic heterocycles. The van der Waals surface area contributed by atoms with Gasteiger partial charge < -0.3 is 14.8 Å². The third-order valence-corrected chi connectivity index (χ3v) is 2.91. The van der Waals surface area contributed by atoms with Crippen LogP contribution in [0, 0.1) is 6.92 Å². The molecule has 0 radical (unpaired) electrons. The fraction of sp³-hybridized carbons (Fsp3) is 0.333. The number of rotatable bonds is 6. The van der Waals surface area contributed by atoms with E-state index in [0.29, 0.717) is 19.0 Å². The third kappa shape index (κ3) is 3.38. The van der Waals surface area contributed by atoms with Crippen LogP contribution in [-0.4, -0.2) is 23.7 Å². The number of hydrogen-bond acceptors (Lipinski definition) is 5. The van der Waals surface area contributed by atoms with Crippen LogP contribution in [0.4, 0.5) is 5.82 Å². The topological polar surface area (TPSA) is 56.3 Å². The SMILES string of the molecule is CCOc1ncnc(NCc2cccc(OC)c2)c1C. The van der Waals surface area contributed by atoms with Crippen molar-refractivity contribution in [1.82, 2.24) is 9.97 Å². The van der Waals surface area contributed by atoms with Gasteiger partial charge in [-0.15, -0.1) is 0 Å². The first-order chi connectivity index (χ1) is 9.74. The molecule has 0 atom stereocenters. The molecule has 0 amide bonds. The highest BCUT2D eigenvalue weighted by Gasteiger charge is 2.07. The molecule has 5 heteroatoms. The summed E-state index contributed by atoms with van der Waals surface area (Å²) < 4.78 is 10.7. The second kappa shape index (κ2) is 6.75. The summed E-state index contributed by atoms with van der Waals surface area (Å²) in [7, 11) is 1.66. The number of aromatic nitrogens is 2. The van der Waals surface area contributed by atoms with E-state index in [2.05, 4.69) is 15.3 Å². The Kier molecular flexibility index (Phi) is 4.76. The van der Waals surface area contributed by atoms with Crippen LogP contribution in [0.3, 0.4) is 0 Å². The van der Waals surface area contributed by atoms with Gasteiger partial charge in [0.25, 0.3) is 0 Å². The maximum absolute atomic E-state index is 5.45. The quantitative estimate of drug-likeness (QED) is 0.877. The Morgan fingerprint density at radius 1 is 1.25 bits per heavy atom. The van der Waals surface area contributed by atoms with Gasteiger partial charge in [-0.05, 0) is 31.5 Å². The fourth-order valence-electron chi connectivity index (χ4n) is 1.86. The monoisotopic (exact) mass is 273 g/mol. The van der Waals surface area contributed by atoms with Gasteiger partial charge in [-0.25, -0.2) is 9.97 Å². The molecule has 0 bridgehead atoms. The predicted molar refractivity (Wildman–Crippen MR) is 78.3 cm³/mol. The number of benzene rings is 1. The van der Waals surface area contributed by atoms with Crippen molar-refractivity contribution in [2.75, 3.05) is 19.0 Å². The number of hydrogen-bond donors (Lipinski definition) is 1. The van der Waals surface area contributed by atoms with E-state index >= 15 is 0 Å². The molecule has 0 saturated carbocycles. The fourth-order valence-corrected chi connectivity index (χ4v) is 1.86. The van der Waals surface area contributed by atoms with E-state index in [9.17, 15) is 0 Å². The van der Waals surface area contributed by atoms with Gasteiger partial charge in [-0.1, -0.05) is 12.1 Å². The van der Waals surface area contributed by atoms with Crippen LogP contribution < -0.4 is 14.8 Å². The minimum Gasteiger partial charge on any atom is -0.497 e. The molecular formula is C15H19N3O2. The van der Waals surface area contributed by atoms with E-state index in [1.807, 2.05) is 38.1 Å². The summed E-state index contributed by atoms with van der Waals surface area (Å²) in [5, 5.41) is 3.29. The van der Waals surface area contributed by atoms with Crippen molar-refractivity contribution in [3.05, 3.63) is 41.7 Å². The minimum absolute atomic E-state index is 0.590. The average Bonchev–Trinajstić information content (AvgIpc) is 2.48. The first-order valence-electron chi connectivity index (χ1n) is 6.55. The number of nitrogens with one attached hydrogen (secondary N) is 1.